The van der Waals surface area contributed by atoms with Crippen LogP contribution in [0, 0.1) is 0 Å². The second-order valence-corrected chi connectivity index (χ2v) is 4.77. The third kappa shape index (κ3) is 2.71. The molecule has 0 N–H and O–H groups in total. The van der Waals surface area contributed by atoms with Crippen LogP contribution in [0.3, 0.4) is 0 Å². The van der Waals surface area contributed by atoms with Gasteiger partial charge in [0.15, 0.2) is 0 Å². The maximum atomic E-state index is 12.0. The van der Waals surface area contributed by atoms with Crippen LogP contribution in [0.25, 0.3) is 0 Å². The van der Waals surface area contributed by atoms with E-state index >= 15 is 0 Å². The van der Waals surface area contributed by atoms with Crippen molar-refractivity contribution in [2.24, 2.45) is 0 Å². The van der Waals surface area contributed by atoms with E-state index in [1.54, 1.807) is 0 Å². The number of hydrogen-bond donors (Lipinski definition) is 0. The second-order valence-electron chi connectivity index (χ2n) is 4.77. The Morgan fingerprint density at radius 1 is 1.33 bits per heavy atom. The largest absolute Gasteiger partial charge is 0.378 e. The summed E-state index contributed by atoms with van der Waals surface area (Å²) in [6, 6.07) is 0.438. The number of likely N-dealkylation sites (tertiary alicyclic amines) is 1. The molecule has 0 radical (unpaired) electrons. The molecule has 0 spiro atoms. The van der Waals surface area contributed by atoms with E-state index < -0.39 is 0 Å². The van der Waals surface area contributed by atoms with E-state index in [4.69, 9.17) is 4.74 Å². The van der Waals surface area contributed by atoms with Gasteiger partial charge in [0.25, 0.3) is 0 Å². The highest BCUT2D eigenvalue weighted by molar-refractivity contribution is 5.77. The summed E-state index contributed by atoms with van der Waals surface area (Å²) in [4.78, 5) is 14.1. The van der Waals surface area contributed by atoms with Crippen molar-refractivity contribution in [1.29, 1.82) is 0 Å². The molecule has 0 saturated carbocycles. The minimum absolute atomic E-state index is 0.201. The monoisotopic (exact) mass is 211 g/mol. The van der Waals surface area contributed by atoms with Crippen molar-refractivity contribution in [3.8, 4) is 0 Å². The van der Waals surface area contributed by atoms with Crippen LogP contribution in [0.2, 0.25) is 0 Å². The Morgan fingerprint density at radius 2 is 2.20 bits per heavy atom. The third-order valence-electron chi connectivity index (χ3n) is 3.55. The maximum Gasteiger partial charge on any atom is 0.225 e. The average molecular weight is 211 g/mol. The fourth-order valence-electron chi connectivity index (χ4n) is 2.59. The molecule has 0 bridgehead atoms. The first kappa shape index (κ1) is 10.9. The van der Waals surface area contributed by atoms with Crippen molar-refractivity contribution in [2.45, 2.75) is 57.6 Å². The van der Waals surface area contributed by atoms with Crippen molar-refractivity contribution in [3.05, 3.63) is 0 Å². The predicted molar refractivity (Wildman–Crippen MR) is 58.6 cm³/mol. The van der Waals surface area contributed by atoms with Gasteiger partial charge in [-0.3, -0.25) is 4.79 Å². The summed E-state index contributed by atoms with van der Waals surface area (Å²) in [6.45, 7) is 3.95. The molecule has 2 aliphatic rings. The SMILES string of the molecule is CC1CCCCN1C(=O)CC1CCCO1. The summed E-state index contributed by atoms with van der Waals surface area (Å²) >= 11 is 0. The Kier molecular flexibility index (Phi) is 3.62. The van der Waals surface area contributed by atoms with Crippen LogP contribution in [0.15, 0.2) is 0 Å². The zero-order valence-electron chi connectivity index (χ0n) is 9.58. The third-order valence-corrected chi connectivity index (χ3v) is 3.55. The minimum Gasteiger partial charge on any atom is -0.378 e. The molecular weight excluding hydrogens is 190 g/mol. The number of rotatable bonds is 2. The lowest BCUT2D eigenvalue weighted by atomic mass is 10.0. The van der Waals surface area contributed by atoms with Gasteiger partial charge in [-0.2, -0.15) is 0 Å². The van der Waals surface area contributed by atoms with Crippen LogP contribution >= 0.6 is 0 Å². The fourth-order valence-corrected chi connectivity index (χ4v) is 2.59. The highest BCUT2D eigenvalue weighted by Gasteiger charge is 2.26. The summed E-state index contributed by atoms with van der Waals surface area (Å²) < 4.78 is 5.50. The standard InChI is InChI=1S/C12H21NO2/c1-10-5-2-3-7-13(10)12(14)9-11-6-4-8-15-11/h10-11H,2-9H2,1H3. The van der Waals surface area contributed by atoms with E-state index in [-0.39, 0.29) is 6.10 Å². The van der Waals surface area contributed by atoms with Crippen LogP contribution in [-0.4, -0.2) is 36.1 Å². The molecule has 2 rings (SSSR count). The summed E-state index contributed by atoms with van der Waals surface area (Å²) in [5.41, 5.74) is 0. The highest BCUT2D eigenvalue weighted by atomic mass is 16.5. The normalized spacial score (nSPS) is 31.9. The highest BCUT2D eigenvalue weighted by Crippen LogP contribution is 2.21. The van der Waals surface area contributed by atoms with E-state index in [0.717, 1.165) is 32.4 Å². The van der Waals surface area contributed by atoms with Gasteiger partial charge in [0, 0.05) is 19.2 Å². The fraction of sp³-hybridized carbons (Fsp3) is 0.917. The zero-order chi connectivity index (χ0) is 10.7. The van der Waals surface area contributed by atoms with Crippen molar-refractivity contribution in [3.63, 3.8) is 0 Å². The first-order valence-corrected chi connectivity index (χ1v) is 6.18. The zero-order valence-corrected chi connectivity index (χ0v) is 9.58. The predicted octanol–water partition coefficient (Wildman–Crippen LogP) is 1.96. The van der Waals surface area contributed by atoms with Gasteiger partial charge < -0.3 is 9.64 Å². The number of carbonyl (C=O) groups excluding carboxylic acids is 1. The van der Waals surface area contributed by atoms with E-state index in [1.807, 2.05) is 4.90 Å². The molecule has 86 valence electrons. The number of nitrogens with zero attached hydrogens (tertiary/aromatic N) is 1. The lowest BCUT2D eigenvalue weighted by Crippen LogP contribution is -2.43. The van der Waals surface area contributed by atoms with Crippen molar-refractivity contribution >= 4 is 5.91 Å². The van der Waals surface area contributed by atoms with E-state index in [0.29, 0.717) is 18.4 Å². The topological polar surface area (TPSA) is 29.5 Å². The Bertz CT molecular complexity index is 224. The van der Waals surface area contributed by atoms with Crippen LogP contribution < -0.4 is 0 Å². The average Bonchev–Trinajstić information content (AvgIpc) is 2.71. The first-order valence-electron chi connectivity index (χ1n) is 6.18. The quantitative estimate of drug-likeness (QED) is 0.698. The molecule has 0 aromatic rings. The minimum atomic E-state index is 0.201. The van der Waals surface area contributed by atoms with Gasteiger partial charge in [0.2, 0.25) is 5.91 Å². The Balaban J connectivity index is 1.83. The van der Waals surface area contributed by atoms with Crippen LogP contribution in [0.5, 0.6) is 0 Å². The van der Waals surface area contributed by atoms with Crippen molar-refractivity contribution in [1.82, 2.24) is 4.90 Å². The second kappa shape index (κ2) is 4.97. The molecule has 2 saturated heterocycles. The molecule has 15 heavy (non-hydrogen) atoms. The molecule has 2 fully saturated rings. The number of amides is 1. The molecule has 2 aliphatic heterocycles. The van der Waals surface area contributed by atoms with Gasteiger partial charge in [-0.05, 0) is 39.0 Å². The number of hydrogen-bond acceptors (Lipinski definition) is 2. The van der Waals surface area contributed by atoms with Gasteiger partial charge in [-0.25, -0.2) is 0 Å². The lowest BCUT2D eigenvalue weighted by molar-refractivity contribution is -0.136. The number of ether oxygens (including phenoxy) is 1. The summed E-state index contributed by atoms with van der Waals surface area (Å²) in [7, 11) is 0. The Hall–Kier alpha value is -0.570. The molecule has 3 heteroatoms. The van der Waals surface area contributed by atoms with Gasteiger partial charge >= 0.3 is 0 Å². The van der Waals surface area contributed by atoms with Crippen LogP contribution in [0.1, 0.15) is 45.4 Å². The lowest BCUT2D eigenvalue weighted by Gasteiger charge is -2.34. The smallest absolute Gasteiger partial charge is 0.225 e. The van der Waals surface area contributed by atoms with Crippen molar-refractivity contribution < 1.29 is 9.53 Å². The van der Waals surface area contributed by atoms with Gasteiger partial charge in [-0.1, -0.05) is 0 Å². The number of carbonyl (C=O) groups is 1. The first-order chi connectivity index (χ1) is 7.27. The summed E-state index contributed by atoms with van der Waals surface area (Å²) in [5.74, 6) is 0.300. The maximum absolute atomic E-state index is 12.0. The van der Waals surface area contributed by atoms with E-state index in [1.165, 1.54) is 12.8 Å². The number of piperidine rings is 1. The summed E-state index contributed by atoms with van der Waals surface area (Å²) in [6.07, 6.45) is 6.59. The van der Waals surface area contributed by atoms with Gasteiger partial charge in [-0.15, -0.1) is 0 Å². The Morgan fingerprint density at radius 3 is 2.87 bits per heavy atom. The van der Waals surface area contributed by atoms with Gasteiger partial charge in [0.1, 0.15) is 0 Å². The van der Waals surface area contributed by atoms with Gasteiger partial charge in [0.05, 0.1) is 12.5 Å². The molecule has 3 nitrogen and oxygen atoms in total. The molecule has 0 aromatic heterocycles. The molecule has 2 atom stereocenters. The molecule has 0 aliphatic carbocycles. The molecule has 0 aromatic carbocycles. The summed E-state index contributed by atoms with van der Waals surface area (Å²) in [5, 5.41) is 0. The van der Waals surface area contributed by atoms with Crippen molar-refractivity contribution in [2.75, 3.05) is 13.2 Å². The molecule has 2 heterocycles. The molecule has 1 amide bonds. The van der Waals surface area contributed by atoms with E-state index in [9.17, 15) is 4.79 Å². The van der Waals surface area contributed by atoms with Crippen LogP contribution in [0.4, 0.5) is 0 Å². The van der Waals surface area contributed by atoms with Crippen LogP contribution in [-0.2, 0) is 9.53 Å². The Labute approximate surface area is 91.8 Å². The molecule has 2 unspecified atom stereocenters. The van der Waals surface area contributed by atoms with E-state index in [2.05, 4.69) is 6.92 Å². The molecular formula is C12H21NO2.